The Kier molecular flexibility index (Phi) is 3.94. The van der Waals surface area contributed by atoms with Gasteiger partial charge in [0.15, 0.2) is 24.2 Å². The van der Waals surface area contributed by atoms with E-state index in [-0.39, 0.29) is 0 Å². The van der Waals surface area contributed by atoms with Crippen LogP contribution < -0.4 is 15.1 Å². The van der Waals surface area contributed by atoms with Crippen molar-refractivity contribution in [1.82, 2.24) is 5.32 Å². The zero-order valence-corrected chi connectivity index (χ0v) is 13.2. The van der Waals surface area contributed by atoms with Crippen molar-refractivity contribution in [1.29, 1.82) is 0 Å². The van der Waals surface area contributed by atoms with Crippen molar-refractivity contribution in [2.45, 2.75) is 20.4 Å². The summed E-state index contributed by atoms with van der Waals surface area (Å²) in [6.45, 7) is 6.75. The molecule has 2 N–H and O–H groups in total. The van der Waals surface area contributed by atoms with Gasteiger partial charge in [-0.2, -0.15) is 0 Å². The Morgan fingerprint density at radius 3 is 2.95 bits per heavy atom. The lowest BCUT2D eigenvalue weighted by molar-refractivity contribution is -0.917. The molecular formula is C16H20N3OS+. The van der Waals surface area contributed by atoms with E-state index in [0.29, 0.717) is 0 Å². The second kappa shape index (κ2) is 5.87. The molecule has 21 heavy (non-hydrogen) atoms. The summed E-state index contributed by atoms with van der Waals surface area (Å²) in [5.41, 5.74) is 3.67. The summed E-state index contributed by atoms with van der Waals surface area (Å²) in [5, 5.41) is 4.12. The average Bonchev–Trinajstić information content (AvgIpc) is 2.97. The van der Waals surface area contributed by atoms with Crippen LogP contribution in [0, 0.1) is 13.8 Å². The highest BCUT2D eigenvalue weighted by atomic mass is 32.1. The van der Waals surface area contributed by atoms with Crippen LogP contribution in [0.5, 0.6) is 0 Å². The summed E-state index contributed by atoms with van der Waals surface area (Å²) < 4.78 is 5.45. The highest BCUT2D eigenvalue weighted by Crippen LogP contribution is 2.21. The van der Waals surface area contributed by atoms with E-state index < -0.39 is 0 Å². The van der Waals surface area contributed by atoms with Crippen LogP contribution in [-0.2, 0) is 6.54 Å². The van der Waals surface area contributed by atoms with Gasteiger partial charge < -0.3 is 9.73 Å². The largest absolute Gasteiger partial charge is 0.463 e. The smallest absolute Gasteiger partial charge is 0.182 e. The topological polar surface area (TPSA) is 32.9 Å². The molecule has 0 amide bonds. The van der Waals surface area contributed by atoms with Crippen molar-refractivity contribution in [2.24, 2.45) is 0 Å². The second-order valence-corrected chi connectivity index (χ2v) is 5.93. The maximum Gasteiger partial charge on any atom is 0.182 e. The Balaban J connectivity index is 1.80. The molecule has 1 atom stereocenters. The Morgan fingerprint density at radius 2 is 2.19 bits per heavy atom. The molecule has 5 heteroatoms. The Labute approximate surface area is 130 Å². The molecule has 1 fully saturated rings. The van der Waals surface area contributed by atoms with Crippen molar-refractivity contribution in [2.75, 3.05) is 18.2 Å². The van der Waals surface area contributed by atoms with Crippen molar-refractivity contribution in [3.8, 4) is 0 Å². The van der Waals surface area contributed by atoms with E-state index in [2.05, 4.69) is 42.3 Å². The zero-order valence-electron chi connectivity index (χ0n) is 12.3. The molecule has 1 aliphatic heterocycles. The fraction of sp³-hybridized carbons (Fsp3) is 0.312. The SMILES string of the molecule is Cc1ccc(C)c(N2C[NH+](Cc3ccco3)CNC2=S)c1. The van der Waals surface area contributed by atoms with E-state index >= 15 is 0 Å². The van der Waals surface area contributed by atoms with Crippen LogP contribution in [0.1, 0.15) is 16.9 Å². The van der Waals surface area contributed by atoms with Gasteiger partial charge in [-0.1, -0.05) is 12.1 Å². The first-order chi connectivity index (χ1) is 10.1. The molecule has 110 valence electrons. The second-order valence-electron chi connectivity index (χ2n) is 5.54. The zero-order chi connectivity index (χ0) is 14.8. The molecular weight excluding hydrogens is 282 g/mol. The predicted molar refractivity (Wildman–Crippen MR) is 87.2 cm³/mol. The van der Waals surface area contributed by atoms with E-state index in [4.69, 9.17) is 16.6 Å². The first kappa shape index (κ1) is 14.1. The third kappa shape index (κ3) is 3.09. The fourth-order valence-corrected chi connectivity index (χ4v) is 2.87. The molecule has 1 aromatic heterocycles. The van der Waals surface area contributed by atoms with Crippen LogP contribution >= 0.6 is 12.2 Å². The molecule has 1 saturated heterocycles. The molecule has 0 bridgehead atoms. The quantitative estimate of drug-likeness (QED) is 0.844. The molecule has 1 aromatic carbocycles. The number of nitrogens with one attached hydrogen (secondary N) is 2. The fourth-order valence-electron chi connectivity index (χ4n) is 2.63. The molecule has 0 spiro atoms. The third-order valence-electron chi connectivity index (χ3n) is 3.78. The average molecular weight is 302 g/mol. The molecule has 1 aliphatic rings. The summed E-state index contributed by atoms with van der Waals surface area (Å²) in [5.74, 6) is 1.00. The highest BCUT2D eigenvalue weighted by molar-refractivity contribution is 7.80. The number of hydrogen-bond acceptors (Lipinski definition) is 2. The number of furan rings is 1. The maximum absolute atomic E-state index is 5.49. The Bertz CT molecular complexity index is 639. The van der Waals surface area contributed by atoms with Crippen molar-refractivity contribution in [3.63, 3.8) is 0 Å². The monoisotopic (exact) mass is 302 g/mol. The molecule has 2 aromatic rings. The van der Waals surface area contributed by atoms with Gasteiger partial charge in [-0.3, -0.25) is 9.80 Å². The van der Waals surface area contributed by atoms with Gasteiger partial charge in [-0.05, 0) is 55.4 Å². The van der Waals surface area contributed by atoms with Gasteiger partial charge in [0.25, 0.3) is 0 Å². The molecule has 4 nitrogen and oxygen atoms in total. The number of thiocarbonyl (C=S) groups is 1. The number of quaternary nitrogens is 1. The van der Waals surface area contributed by atoms with E-state index in [9.17, 15) is 0 Å². The number of rotatable bonds is 3. The minimum atomic E-state index is 0.798. The van der Waals surface area contributed by atoms with Gasteiger partial charge in [0.2, 0.25) is 0 Å². The van der Waals surface area contributed by atoms with Gasteiger partial charge in [0, 0.05) is 0 Å². The summed E-state index contributed by atoms with van der Waals surface area (Å²) in [6, 6.07) is 10.4. The van der Waals surface area contributed by atoms with Crippen LogP contribution in [-0.4, -0.2) is 18.4 Å². The molecule has 0 radical (unpaired) electrons. The van der Waals surface area contributed by atoms with E-state index in [1.54, 1.807) is 6.26 Å². The van der Waals surface area contributed by atoms with Gasteiger partial charge in [-0.15, -0.1) is 0 Å². The maximum atomic E-state index is 5.49. The lowest BCUT2D eigenvalue weighted by atomic mass is 10.1. The van der Waals surface area contributed by atoms with E-state index in [1.165, 1.54) is 21.7 Å². The third-order valence-corrected chi connectivity index (χ3v) is 4.14. The molecule has 2 heterocycles. The van der Waals surface area contributed by atoms with E-state index in [1.807, 2.05) is 12.1 Å². The Hall–Kier alpha value is -1.85. The number of anilines is 1. The van der Waals surface area contributed by atoms with Crippen LogP contribution in [0.4, 0.5) is 5.69 Å². The van der Waals surface area contributed by atoms with Gasteiger partial charge in [-0.25, -0.2) is 0 Å². The summed E-state index contributed by atoms with van der Waals surface area (Å²) in [6.07, 6.45) is 1.72. The normalized spacial score (nSPS) is 18.7. The minimum absolute atomic E-state index is 0.798. The molecule has 0 aliphatic carbocycles. The number of nitrogens with zero attached hydrogens (tertiary/aromatic N) is 1. The van der Waals surface area contributed by atoms with Crippen LogP contribution in [0.3, 0.4) is 0 Å². The van der Waals surface area contributed by atoms with Gasteiger partial charge >= 0.3 is 0 Å². The van der Waals surface area contributed by atoms with Crippen molar-refractivity contribution < 1.29 is 9.32 Å². The van der Waals surface area contributed by atoms with Crippen LogP contribution in [0.15, 0.2) is 41.0 Å². The molecule has 0 saturated carbocycles. The predicted octanol–water partition coefficient (Wildman–Crippen LogP) is 1.59. The summed E-state index contributed by atoms with van der Waals surface area (Å²) >= 11 is 5.49. The molecule has 3 rings (SSSR count). The van der Waals surface area contributed by atoms with E-state index in [0.717, 1.165) is 30.8 Å². The van der Waals surface area contributed by atoms with Gasteiger partial charge in [0.1, 0.15) is 6.54 Å². The minimum Gasteiger partial charge on any atom is -0.463 e. The summed E-state index contributed by atoms with van der Waals surface area (Å²) in [4.78, 5) is 3.55. The first-order valence-corrected chi connectivity index (χ1v) is 7.53. The van der Waals surface area contributed by atoms with Crippen LogP contribution in [0.2, 0.25) is 0 Å². The number of benzene rings is 1. The number of aryl methyl sites for hydroxylation is 2. The molecule has 1 unspecified atom stereocenters. The van der Waals surface area contributed by atoms with Crippen molar-refractivity contribution >= 4 is 23.0 Å². The van der Waals surface area contributed by atoms with Crippen LogP contribution in [0.25, 0.3) is 0 Å². The standard InChI is InChI=1S/C16H19N3OS/c1-12-5-6-13(2)15(8-12)19-11-18(10-17-16(19)21)9-14-4-3-7-20-14/h3-8H,9-11H2,1-2H3,(H,17,21)/p+1. The Morgan fingerprint density at radius 1 is 1.33 bits per heavy atom. The van der Waals surface area contributed by atoms with Crippen molar-refractivity contribution in [3.05, 3.63) is 53.5 Å². The number of hydrogen-bond donors (Lipinski definition) is 2. The summed E-state index contributed by atoms with van der Waals surface area (Å²) in [7, 11) is 0. The lowest BCUT2D eigenvalue weighted by Crippen LogP contribution is -3.16. The van der Waals surface area contributed by atoms with Gasteiger partial charge in [0.05, 0.1) is 12.0 Å². The lowest BCUT2D eigenvalue weighted by Gasteiger charge is -2.35. The highest BCUT2D eigenvalue weighted by Gasteiger charge is 2.26. The first-order valence-electron chi connectivity index (χ1n) is 7.12.